The Balaban J connectivity index is 1.53. The molecule has 0 amide bonds. The SMILES string of the molecule is O=[N+]([O-])c1ccc(CN2CCC(Nc3ncccn3)C2)cc1. The van der Waals surface area contributed by atoms with Gasteiger partial charge in [0.1, 0.15) is 0 Å². The van der Waals surface area contributed by atoms with Crippen molar-refractivity contribution < 1.29 is 4.92 Å². The number of nitro benzene ring substituents is 1. The monoisotopic (exact) mass is 299 g/mol. The number of nitrogens with one attached hydrogen (secondary N) is 1. The molecule has 2 heterocycles. The van der Waals surface area contributed by atoms with Gasteiger partial charge in [-0.05, 0) is 18.1 Å². The number of nitro groups is 1. The standard InChI is InChI=1S/C15H17N5O2/c21-20(22)14-4-2-12(3-5-14)10-19-9-6-13(11-19)18-15-16-7-1-8-17-15/h1-5,7-8,13H,6,9-11H2,(H,16,17,18). The number of hydrogen-bond donors (Lipinski definition) is 1. The minimum absolute atomic E-state index is 0.131. The van der Waals surface area contributed by atoms with Crippen LogP contribution in [0.25, 0.3) is 0 Å². The fourth-order valence-electron chi connectivity index (χ4n) is 2.63. The van der Waals surface area contributed by atoms with Gasteiger partial charge in [-0.15, -0.1) is 0 Å². The van der Waals surface area contributed by atoms with Crippen LogP contribution in [0.1, 0.15) is 12.0 Å². The first-order valence-electron chi connectivity index (χ1n) is 7.20. The highest BCUT2D eigenvalue weighted by Crippen LogP contribution is 2.18. The maximum atomic E-state index is 10.6. The van der Waals surface area contributed by atoms with Crippen LogP contribution in [0, 0.1) is 10.1 Å². The molecule has 1 N–H and O–H groups in total. The summed E-state index contributed by atoms with van der Waals surface area (Å²) in [7, 11) is 0. The number of non-ortho nitro benzene ring substituents is 1. The van der Waals surface area contributed by atoms with Gasteiger partial charge >= 0.3 is 0 Å². The van der Waals surface area contributed by atoms with Crippen molar-refractivity contribution in [2.24, 2.45) is 0 Å². The van der Waals surface area contributed by atoms with Crippen LogP contribution in [0.15, 0.2) is 42.7 Å². The summed E-state index contributed by atoms with van der Waals surface area (Å²) in [4.78, 5) is 20.9. The first kappa shape index (κ1) is 14.4. The fraction of sp³-hybridized carbons (Fsp3) is 0.333. The first-order chi connectivity index (χ1) is 10.7. The normalized spacial score (nSPS) is 18.3. The van der Waals surface area contributed by atoms with E-state index < -0.39 is 0 Å². The molecule has 2 aromatic rings. The van der Waals surface area contributed by atoms with E-state index in [1.165, 1.54) is 0 Å². The quantitative estimate of drug-likeness (QED) is 0.672. The molecule has 1 aromatic heterocycles. The first-order valence-corrected chi connectivity index (χ1v) is 7.20. The Labute approximate surface area is 128 Å². The van der Waals surface area contributed by atoms with Gasteiger partial charge in [0.05, 0.1) is 4.92 Å². The van der Waals surface area contributed by atoms with E-state index in [4.69, 9.17) is 0 Å². The molecular formula is C15H17N5O2. The molecule has 1 atom stereocenters. The molecule has 1 aromatic carbocycles. The van der Waals surface area contributed by atoms with E-state index in [0.29, 0.717) is 12.0 Å². The number of rotatable bonds is 5. The number of aromatic nitrogens is 2. The zero-order valence-electron chi connectivity index (χ0n) is 12.1. The molecule has 7 nitrogen and oxygen atoms in total. The highest BCUT2D eigenvalue weighted by Gasteiger charge is 2.22. The summed E-state index contributed by atoms with van der Waals surface area (Å²) < 4.78 is 0. The molecule has 7 heteroatoms. The molecule has 0 spiro atoms. The zero-order valence-corrected chi connectivity index (χ0v) is 12.1. The van der Waals surface area contributed by atoms with Gasteiger partial charge in [0.2, 0.25) is 5.95 Å². The van der Waals surface area contributed by atoms with E-state index in [9.17, 15) is 10.1 Å². The molecule has 1 aliphatic rings. The molecule has 1 aliphatic heterocycles. The lowest BCUT2D eigenvalue weighted by molar-refractivity contribution is -0.384. The van der Waals surface area contributed by atoms with Gasteiger partial charge in [-0.3, -0.25) is 15.0 Å². The van der Waals surface area contributed by atoms with Gasteiger partial charge in [-0.25, -0.2) is 9.97 Å². The van der Waals surface area contributed by atoms with Crippen molar-refractivity contribution in [3.8, 4) is 0 Å². The Morgan fingerprint density at radius 1 is 1.27 bits per heavy atom. The van der Waals surface area contributed by atoms with Crippen molar-refractivity contribution in [3.63, 3.8) is 0 Å². The number of nitrogens with zero attached hydrogens (tertiary/aromatic N) is 4. The van der Waals surface area contributed by atoms with Crippen molar-refractivity contribution in [3.05, 3.63) is 58.4 Å². The topological polar surface area (TPSA) is 84.2 Å². The molecule has 1 saturated heterocycles. The number of likely N-dealkylation sites (tertiary alicyclic amines) is 1. The molecule has 1 unspecified atom stereocenters. The maximum absolute atomic E-state index is 10.6. The average molecular weight is 299 g/mol. The Bertz CT molecular complexity index is 632. The molecule has 0 radical (unpaired) electrons. The third kappa shape index (κ3) is 3.56. The molecule has 3 rings (SSSR count). The van der Waals surface area contributed by atoms with Gasteiger partial charge < -0.3 is 5.32 Å². The Hall–Kier alpha value is -2.54. The lowest BCUT2D eigenvalue weighted by Gasteiger charge is -2.16. The maximum Gasteiger partial charge on any atom is 0.269 e. The van der Waals surface area contributed by atoms with E-state index in [1.807, 2.05) is 12.1 Å². The van der Waals surface area contributed by atoms with Crippen LogP contribution in [0.5, 0.6) is 0 Å². The van der Waals surface area contributed by atoms with Crippen LogP contribution < -0.4 is 5.32 Å². The molecule has 0 bridgehead atoms. The van der Waals surface area contributed by atoms with Crippen LogP contribution in [-0.2, 0) is 6.54 Å². The average Bonchev–Trinajstić information content (AvgIpc) is 2.96. The van der Waals surface area contributed by atoms with Crippen LogP contribution in [-0.4, -0.2) is 38.9 Å². The fourth-order valence-corrected chi connectivity index (χ4v) is 2.63. The molecule has 1 fully saturated rings. The van der Waals surface area contributed by atoms with E-state index in [1.54, 1.807) is 30.6 Å². The summed E-state index contributed by atoms with van der Waals surface area (Å²) in [5, 5.41) is 14.0. The van der Waals surface area contributed by atoms with Crippen molar-refractivity contribution in [2.75, 3.05) is 18.4 Å². The van der Waals surface area contributed by atoms with Gasteiger partial charge in [0.15, 0.2) is 0 Å². The van der Waals surface area contributed by atoms with Gasteiger partial charge in [0.25, 0.3) is 5.69 Å². The van der Waals surface area contributed by atoms with Gasteiger partial charge in [0, 0.05) is 50.2 Å². The second-order valence-corrected chi connectivity index (χ2v) is 5.36. The van der Waals surface area contributed by atoms with Crippen LogP contribution in [0.2, 0.25) is 0 Å². The summed E-state index contributed by atoms with van der Waals surface area (Å²) in [5.74, 6) is 0.657. The van der Waals surface area contributed by atoms with Crippen LogP contribution in [0.3, 0.4) is 0 Å². The third-order valence-electron chi connectivity index (χ3n) is 3.72. The number of benzene rings is 1. The summed E-state index contributed by atoms with van der Waals surface area (Å²) in [6.07, 6.45) is 4.48. The largest absolute Gasteiger partial charge is 0.350 e. The predicted molar refractivity (Wildman–Crippen MR) is 82.4 cm³/mol. The van der Waals surface area contributed by atoms with E-state index >= 15 is 0 Å². The molecule has 0 aliphatic carbocycles. The van der Waals surface area contributed by atoms with Crippen LogP contribution >= 0.6 is 0 Å². The Morgan fingerprint density at radius 3 is 2.68 bits per heavy atom. The number of hydrogen-bond acceptors (Lipinski definition) is 6. The van der Waals surface area contributed by atoms with E-state index in [2.05, 4.69) is 20.2 Å². The highest BCUT2D eigenvalue weighted by molar-refractivity contribution is 5.33. The molecule has 22 heavy (non-hydrogen) atoms. The Morgan fingerprint density at radius 2 is 2.00 bits per heavy atom. The zero-order chi connectivity index (χ0) is 15.4. The lowest BCUT2D eigenvalue weighted by atomic mass is 10.2. The van der Waals surface area contributed by atoms with Gasteiger partial charge in [-0.1, -0.05) is 12.1 Å². The van der Waals surface area contributed by atoms with Crippen molar-refractivity contribution in [1.29, 1.82) is 0 Å². The van der Waals surface area contributed by atoms with Crippen molar-refractivity contribution in [1.82, 2.24) is 14.9 Å². The van der Waals surface area contributed by atoms with Crippen molar-refractivity contribution in [2.45, 2.75) is 19.0 Å². The summed E-state index contributed by atoms with van der Waals surface area (Å²) >= 11 is 0. The van der Waals surface area contributed by atoms with Gasteiger partial charge in [-0.2, -0.15) is 0 Å². The second kappa shape index (κ2) is 6.48. The lowest BCUT2D eigenvalue weighted by Crippen LogP contribution is -2.26. The Kier molecular flexibility index (Phi) is 4.24. The smallest absolute Gasteiger partial charge is 0.269 e. The second-order valence-electron chi connectivity index (χ2n) is 5.36. The minimum atomic E-state index is -0.376. The summed E-state index contributed by atoms with van der Waals surface area (Å²) in [5.41, 5.74) is 1.22. The summed E-state index contributed by atoms with van der Waals surface area (Å²) in [6, 6.07) is 8.87. The summed E-state index contributed by atoms with van der Waals surface area (Å²) in [6.45, 7) is 2.70. The third-order valence-corrected chi connectivity index (χ3v) is 3.72. The van der Waals surface area contributed by atoms with Crippen LogP contribution in [0.4, 0.5) is 11.6 Å². The minimum Gasteiger partial charge on any atom is -0.350 e. The van der Waals surface area contributed by atoms with E-state index in [-0.39, 0.29) is 10.6 Å². The molecule has 114 valence electrons. The van der Waals surface area contributed by atoms with E-state index in [0.717, 1.165) is 31.6 Å². The molecule has 0 saturated carbocycles. The predicted octanol–water partition coefficient (Wildman–Crippen LogP) is 2.07. The highest BCUT2D eigenvalue weighted by atomic mass is 16.6. The number of anilines is 1. The van der Waals surface area contributed by atoms with Crippen molar-refractivity contribution >= 4 is 11.6 Å². The molecular weight excluding hydrogens is 282 g/mol.